The number of nitrogens with zero attached hydrogens (tertiary/aromatic N) is 2. The van der Waals surface area contributed by atoms with Crippen molar-refractivity contribution in [2.45, 2.75) is 46.6 Å². The monoisotopic (exact) mass is 314 g/mol. The van der Waals surface area contributed by atoms with Gasteiger partial charge in [0.2, 0.25) is 5.13 Å². The highest BCUT2D eigenvalue weighted by Gasteiger charge is 2.21. The number of anilines is 1. The lowest BCUT2D eigenvalue weighted by Gasteiger charge is -2.16. The van der Waals surface area contributed by atoms with E-state index < -0.39 is 18.0 Å². The van der Waals surface area contributed by atoms with Crippen molar-refractivity contribution in [1.29, 1.82) is 0 Å². The molecule has 0 aliphatic heterocycles. The predicted molar refractivity (Wildman–Crippen MR) is 81.5 cm³/mol. The van der Waals surface area contributed by atoms with Crippen LogP contribution in [0.5, 0.6) is 0 Å². The molecular weight excluding hydrogens is 292 g/mol. The summed E-state index contributed by atoms with van der Waals surface area (Å²) < 4.78 is 0. The summed E-state index contributed by atoms with van der Waals surface area (Å²) >= 11 is 1.30. The quantitative estimate of drug-likeness (QED) is 0.716. The minimum absolute atomic E-state index is 0.172. The van der Waals surface area contributed by atoms with Crippen molar-refractivity contribution in [2.75, 3.05) is 5.32 Å². The first-order valence-corrected chi connectivity index (χ1v) is 7.72. The molecule has 1 atom stereocenters. The van der Waals surface area contributed by atoms with Gasteiger partial charge in [0.15, 0.2) is 0 Å². The van der Waals surface area contributed by atoms with Crippen molar-refractivity contribution < 1.29 is 14.7 Å². The molecule has 0 fully saturated rings. The molecule has 0 radical (unpaired) electrons. The highest BCUT2D eigenvalue weighted by Crippen LogP contribution is 2.18. The average molecular weight is 314 g/mol. The van der Waals surface area contributed by atoms with Gasteiger partial charge in [-0.25, -0.2) is 9.59 Å². The molecule has 1 rings (SSSR count). The third kappa shape index (κ3) is 6.52. The first kappa shape index (κ1) is 17.4. The van der Waals surface area contributed by atoms with Crippen LogP contribution in [0.2, 0.25) is 0 Å². The Morgan fingerprint density at radius 2 is 1.86 bits per heavy atom. The van der Waals surface area contributed by atoms with Crippen molar-refractivity contribution in [1.82, 2.24) is 15.5 Å². The van der Waals surface area contributed by atoms with Crippen LogP contribution in [-0.2, 0) is 11.2 Å². The summed E-state index contributed by atoms with van der Waals surface area (Å²) in [4.78, 5) is 22.9. The summed E-state index contributed by atoms with van der Waals surface area (Å²) in [7, 11) is 0. The van der Waals surface area contributed by atoms with Crippen LogP contribution in [0.25, 0.3) is 0 Å². The molecule has 0 unspecified atom stereocenters. The largest absolute Gasteiger partial charge is 0.480 e. The molecule has 8 heteroatoms. The number of carboxylic acids is 1. The maximum atomic E-state index is 11.8. The molecule has 0 bridgehead atoms. The minimum Gasteiger partial charge on any atom is -0.480 e. The van der Waals surface area contributed by atoms with Crippen molar-refractivity contribution in [2.24, 2.45) is 11.8 Å². The number of nitrogens with one attached hydrogen (secondary N) is 2. The van der Waals surface area contributed by atoms with Gasteiger partial charge in [-0.1, -0.05) is 39.0 Å². The number of aromatic nitrogens is 2. The SMILES string of the molecule is CC(C)Cc1nnc(NC(=O)N[C@H](CC(C)C)C(=O)O)s1. The molecule has 2 amide bonds. The van der Waals surface area contributed by atoms with E-state index in [1.165, 1.54) is 11.3 Å². The average Bonchev–Trinajstić information content (AvgIpc) is 2.73. The van der Waals surface area contributed by atoms with Crippen LogP contribution in [0.4, 0.5) is 9.93 Å². The Bertz CT molecular complexity index is 488. The van der Waals surface area contributed by atoms with Gasteiger partial charge in [-0.2, -0.15) is 0 Å². The molecule has 1 heterocycles. The van der Waals surface area contributed by atoms with Crippen molar-refractivity contribution in [3.63, 3.8) is 0 Å². The number of hydrogen-bond acceptors (Lipinski definition) is 5. The molecule has 1 aromatic heterocycles. The number of urea groups is 1. The smallest absolute Gasteiger partial charge is 0.326 e. The highest BCUT2D eigenvalue weighted by atomic mass is 32.1. The maximum absolute atomic E-state index is 11.8. The lowest BCUT2D eigenvalue weighted by molar-refractivity contribution is -0.139. The Kier molecular flexibility index (Phi) is 6.54. The lowest BCUT2D eigenvalue weighted by atomic mass is 10.0. The first-order valence-electron chi connectivity index (χ1n) is 6.90. The van der Waals surface area contributed by atoms with Gasteiger partial charge in [-0.05, 0) is 18.3 Å². The first-order chi connectivity index (χ1) is 9.77. The highest BCUT2D eigenvalue weighted by molar-refractivity contribution is 7.15. The van der Waals surface area contributed by atoms with Crippen LogP contribution >= 0.6 is 11.3 Å². The molecule has 0 spiro atoms. The van der Waals surface area contributed by atoms with Crippen LogP contribution in [0.3, 0.4) is 0 Å². The number of hydrogen-bond donors (Lipinski definition) is 3. The molecule has 0 aromatic carbocycles. The van der Waals surface area contributed by atoms with Gasteiger partial charge in [0.05, 0.1) is 0 Å². The van der Waals surface area contributed by atoms with Gasteiger partial charge in [0.1, 0.15) is 11.0 Å². The number of carbonyl (C=O) groups excluding carboxylic acids is 1. The second kappa shape index (κ2) is 7.92. The Balaban J connectivity index is 2.55. The van der Waals surface area contributed by atoms with Crippen LogP contribution in [0.1, 0.15) is 39.1 Å². The fourth-order valence-corrected chi connectivity index (χ4v) is 2.67. The van der Waals surface area contributed by atoms with Gasteiger partial charge < -0.3 is 10.4 Å². The van der Waals surface area contributed by atoms with E-state index in [1.807, 2.05) is 13.8 Å². The Labute approximate surface area is 128 Å². The third-order valence-electron chi connectivity index (χ3n) is 2.58. The molecule has 0 saturated heterocycles. The molecule has 3 N–H and O–H groups in total. The number of carbonyl (C=O) groups is 2. The van der Waals surface area contributed by atoms with E-state index >= 15 is 0 Å². The van der Waals surface area contributed by atoms with Gasteiger partial charge in [-0.3, -0.25) is 5.32 Å². The number of aliphatic carboxylic acids is 1. The zero-order chi connectivity index (χ0) is 16.0. The zero-order valence-corrected chi connectivity index (χ0v) is 13.5. The fourth-order valence-electron chi connectivity index (χ4n) is 1.72. The topological polar surface area (TPSA) is 104 Å². The van der Waals surface area contributed by atoms with Gasteiger partial charge >= 0.3 is 12.0 Å². The molecule has 21 heavy (non-hydrogen) atoms. The van der Waals surface area contributed by atoms with Crippen LogP contribution in [0.15, 0.2) is 0 Å². The number of carboxylic acid groups (broad SMARTS) is 1. The molecule has 1 aromatic rings. The zero-order valence-electron chi connectivity index (χ0n) is 12.7. The van der Waals surface area contributed by atoms with E-state index in [0.29, 0.717) is 17.5 Å². The normalized spacial score (nSPS) is 12.5. The summed E-state index contributed by atoms with van der Waals surface area (Å²) in [5.41, 5.74) is 0. The summed E-state index contributed by atoms with van der Waals surface area (Å²) in [6, 6.07) is -1.48. The third-order valence-corrected chi connectivity index (χ3v) is 3.44. The van der Waals surface area contributed by atoms with E-state index in [-0.39, 0.29) is 5.92 Å². The minimum atomic E-state index is -1.04. The Morgan fingerprint density at radius 3 is 2.38 bits per heavy atom. The summed E-state index contributed by atoms with van der Waals surface area (Å²) in [5, 5.41) is 23.1. The van der Waals surface area contributed by atoms with E-state index in [9.17, 15) is 9.59 Å². The van der Waals surface area contributed by atoms with E-state index in [4.69, 9.17) is 5.11 Å². The fraction of sp³-hybridized carbons (Fsp3) is 0.692. The standard InChI is InChI=1S/C13H22N4O3S/c1-7(2)5-9(11(18)19)14-12(20)15-13-17-16-10(21-13)6-8(3)4/h7-9H,5-6H2,1-4H3,(H,18,19)(H2,14,15,17,20)/t9-/m1/s1. The van der Waals surface area contributed by atoms with Crippen molar-refractivity contribution >= 4 is 28.5 Å². The van der Waals surface area contributed by atoms with Crippen molar-refractivity contribution in [3.8, 4) is 0 Å². The molecule has 0 saturated carbocycles. The van der Waals surface area contributed by atoms with Crippen molar-refractivity contribution in [3.05, 3.63) is 5.01 Å². The molecular formula is C13H22N4O3S. The second-order valence-electron chi connectivity index (χ2n) is 5.72. The number of amides is 2. The predicted octanol–water partition coefficient (Wildman–Crippen LogP) is 2.36. The maximum Gasteiger partial charge on any atom is 0.326 e. The summed E-state index contributed by atoms with van der Waals surface area (Å²) in [6.07, 6.45) is 1.17. The number of rotatable bonds is 7. The summed E-state index contributed by atoms with van der Waals surface area (Å²) in [5.74, 6) is -0.413. The molecule has 118 valence electrons. The van der Waals surface area contributed by atoms with E-state index in [1.54, 1.807) is 0 Å². The Morgan fingerprint density at radius 1 is 1.19 bits per heavy atom. The molecule has 0 aliphatic rings. The van der Waals surface area contributed by atoms with Gasteiger partial charge in [0.25, 0.3) is 0 Å². The van der Waals surface area contributed by atoms with E-state index in [2.05, 4.69) is 34.7 Å². The Hall–Kier alpha value is -1.70. The lowest BCUT2D eigenvalue weighted by Crippen LogP contribution is -2.43. The molecule has 7 nitrogen and oxygen atoms in total. The van der Waals surface area contributed by atoms with Gasteiger partial charge in [0, 0.05) is 6.42 Å². The van der Waals surface area contributed by atoms with Crippen LogP contribution in [0, 0.1) is 11.8 Å². The van der Waals surface area contributed by atoms with Crippen LogP contribution < -0.4 is 10.6 Å². The second-order valence-corrected chi connectivity index (χ2v) is 6.78. The van der Waals surface area contributed by atoms with Gasteiger partial charge in [-0.15, -0.1) is 10.2 Å². The van der Waals surface area contributed by atoms with E-state index in [0.717, 1.165) is 11.4 Å². The summed E-state index contributed by atoms with van der Waals surface area (Å²) in [6.45, 7) is 7.95. The van der Waals surface area contributed by atoms with Crippen LogP contribution in [-0.4, -0.2) is 33.3 Å². The molecule has 0 aliphatic carbocycles.